The van der Waals surface area contributed by atoms with E-state index in [1.807, 2.05) is 24.3 Å². The maximum atomic E-state index is 5.43. The van der Waals surface area contributed by atoms with Gasteiger partial charge in [0.05, 0.1) is 19.8 Å². The molecule has 0 heterocycles. The fourth-order valence-electron chi connectivity index (χ4n) is 1.30. The second-order valence-electron chi connectivity index (χ2n) is 3.66. The summed E-state index contributed by atoms with van der Waals surface area (Å²) in [5.41, 5.74) is 1.11. The van der Waals surface area contributed by atoms with E-state index in [4.69, 9.17) is 9.47 Å². The molecular formula is C13H20BrNO2. The summed E-state index contributed by atoms with van der Waals surface area (Å²) >= 11 is 3.40. The molecule has 0 fully saturated rings. The van der Waals surface area contributed by atoms with Crippen LogP contribution in [0.1, 0.15) is 13.3 Å². The molecule has 0 aliphatic rings. The predicted octanol–water partition coefficient (Wildman–Crippen LogP) is 3.30. The minimum Gasteiger partial charge on any atom is -0.383 e. The molecule has 0 aliphatic carbocycles. The maximum Gasteiger partial charge on any atom is 0.0701 e. The standard InChI is InChI=1S/C13H20BrNO2/c1-2-8-16-10-11-17-9-7-15-13-5-3-12(14)4-6-13/h3-6,15H,2,7-11H2,1H3. The van der Waals surface area contributed by atoms with Crippen LogP contribution in [0.3, 0.4) is 0 Å². The Kier molecular flexibility index (Phi) is 8.05. The highest BCUT2D eigenvalue weighted by Crippen LogP contribution is 2.13. The molecule has 96 valence electrons. The van der Waals surface area contributed by atoms with Crippen LogP contribution in [0.2, 0.25) is 0 Å². The predicted molar refractivity (Wildman–Crippen MR) is 74.6 cm³/mol. The van der Waals surface area contributed by atoms with E-state index in [1.165, 1.54) is 0 Å². The Morgan fingerprint density at radius 1 is 1.00 bits per heavy atom. The van der Waals surface area contributed by atoms with Gasteiger partial charge in [-0.25, -0.2) is 0 Å². The molecule has 0 saturated heterocycles. The smallest absolute Gasteiger partial charge is 0.0701 e. The van der Waals surface area contributed by atoms with Gasteiger partial charge in [0.2, 0.25) is 0 Å². The molecule has 0 radical (unpaired) electrons. The van der Waals surface area contributed by atoms with Crippen LogP contribution in [0.4, 0.5) is 5.69 Å². The van der Waals surface area contributed by atoms with Crippen molar-refractivity contribution in [3.05, 3.63) is 28.7 Å². The first-order valence-corrected chi connectivity index (χ1v) is 6.77. The number of ether oxygens (including phenoxy) is 2. The largest absolute Gasteiger partial charge is 0.383 e. The lowest BCUT2D eigenvalue weighted by Gasteiger charge is -2.07. The lowest BCUT2D eigenvalue weighted by molar-refractivity contribution is 0.0519. The first-order chi connectivity index (χ1) is 8.33. The fraction of sp³-hybridized carbons (Fsp3) is 0.538. The first kappa shape index (κ1) is 14.5. The van der Waals surface area contributed by atoms with E-state index in [-0.39, 0.29) is 0 Å². The highest BCUT2D eigenvalue weighted by Gasteiger charge is 1.92. The Morgan fingerprint density at radius 3 is 2.29 bits per heavy atom. The fourth-order valence-corrected chi connectivity index (χ4v) is 1.57. The van der Waals surface area contributed by atoms with Crippen molar-refractivity contribution in [3.63, 3.8) is 0 Å². The second kappa shape index (κ2) is 9.45. The molecule has 1 aromatic rings. The molecule has 0 aromatic heterocycles. The summed E-state index contributed by atoms with van der Waals surface area (Å²) in [5.74, 6) is 0. The van der Waals surface area contributed by atoms with Gasteiger partial charge >= 0.3 is 0 Å². The van der Waals surface area contributed by atoms with Gasteiger partial charge in [-0.05, 0) is 30.7 Å². The number of benzene rings is 1. The van der Waals surface area contributed by atoms with Crippen molar-refractivity contribution in [1.29, 1.82) is 0 Å². The SMILES string of the molecule is CCCOCCOCCNc1ccc(Br)cc1. The van der Waals surface area contributed by atoms with Gasteiger partial charge < -0.3 is 14.8 Å². The lowest BCUT2D eigenvalue weighted by atomic mass is 10.3. The van der Waals surface area contributed by atoms with E-state index in [2.05, 4.69) is 28.2 Å². The Bertz CT molecular complexity index is 290. The first-order valence-electron chi connectivity index (χ1n) is 5.98. The van der Waals surface area contributed by atoms with Gasteiger partial charge in [-0.2, -0.15) is 0 Å². The Morgan fingerprint density at radius 2 is 1.65 bits per heavy atom. The molecule has 17 heavy (non-hydrogen) atoms. The zero-order valence-electron chi connectivity index (χ0n) is 10.2. The van der Waals surface area contributed by atoms with E-state index < -0.39 is 0 Å². The number of rotatable bonds is 9. The topological polar surface area (TPSA) is 30.5 Å². The molecule has 0 amide bonds. The zero-order valence-corrected chi connectivity index (χ0v) is 11.8. The van der Waals surface area contributed by atoms with E-state index in [0.717, 1.165) is 29.7 Å². The molecule has 0 saturated carbocycles. The van der Waals surface area contributed by atoms with Gasteiger partial charge in [0.15, 0.2) is 0 Å². The van der Waals surface area contributed by atoms with E-state index in [9.17, 15) is 0 Å². The van der Waals surface area contributed by atoms with Crippen molar-refractivity contribution in [2.45, 2.75) is 13.3 Å². The number of hydrogen-bond donors (Lipinski definition) is 1. The second-order valence-corrected chi connectivity index (χ2v) is 4.57. The van der Waals surface area contributed by atoms with Gasteiger partial charge in [0, 0.05) is 23.3 Å². The summed E-state index contributed by atoms with van der Waals surface area (Å²) < 4.78 is 11.8. The zero-order chi connectivity index (χ0) is 12.3. The summed E-state index contributed by atoms with van der Waals surface area (Å²) in [6.45, 7) is 5.79. The molecule has 0 unspecified atom stereocenters. The molecule has 1 N–H and O–H groups in total. The van der Waals surface area contributed by atoms with Crippen molar-refractivity contribution in [3.8, 4) is 0 Å². The van der Waals surface area contributed by atoms with Crippen LogP contribution in [0, 0.1) is 0 Å². The third-order valence-electron chi connectivity index (χ3n) is 2.14. The quantitative estimate of drug-likeness (QED) is 0.710. The lowest BCUT2D eigenvalue weighted by Crippen LogP contribution is -2.12. The number of hydrogen-bond acceptors (Lipinski definition) is 3. The Hall–Kier alpha value is -0.580. The highest BCUT2D eigenvalue weighted by molar-refractivity contribution is 9.10. The van der Waals surface area contributed by atoms with Crippen molar-refractivity contribution in [1.82, 2.24) is 0 Å². The Balaban J connectivity index is 1.95. The highest BCUT2D eigenvalue weighted by atomic mass is 79.9. The summed E-state index contributed by atoms with van der Waals surface area (Å²) in [6, 6.07) is 8.10. The van der Waals surface area contributed by atoms with Gasteiger partial charge in [-0.3, -0.25) is 0 Å². The molecule has 4 heteroatoms. The van der Waals surface area contributed by atoms with Crippen LogP contribution in [0.25, 0.3) is 0 Å². The third-order valence-corrected chi connectivity index (χ3v) is 2.67. The Labute approximate surface area is 112 Å². The maximum absolute atomic E-state index is 5.43. The monoisotopic (exact) mass is 301 g/mol. The van der Waals surface area contributed by atoms with Gasteiger partial charge in [-0.15, -0.1) is 0 Å². The average molecular weight is 302 g/mol. The molecule has 0 aliphatic heterocycles. The number of halogens is 1. The van der Waals surface area contributed by atoms with Crippen LogP contribution in [-0.2, 0) is 9.47 Å². The van der Waals surface area contributed by atoms with Crippen molar-refractivity contribution >= 4 is 21.6 Å². The van der Waals surface area contributed by atoms with Crippen LogP contribution in [0.15, 0.2) is 28.7 Å². The third kappa shape index (κ3) is 7.36. The molecular weight excluding hydrogens is 282 g/mol. The molecule has 1 aromatic carbocycles. The number of anilines is 1. The minimum atomic E-state index is 0.669. The summed E-state index contributed by atoms with van der Waals surface area (Å²) in [6.07, 6.45) is 1.06. The van der Waals surface area contributed by atoms with Crippen LogP contribution in [0.5, 0.6) is 0 Å². The van der Waals surface area contributed by atoms with Gasteiger partial charge in [0.1, 0.15) is 0 Å². The van der Waals surface area contributed by atoms with Crippen molar-refractivity contribution in [2.24, 2.45) is 0 Å². The van der Waals surface area contributed by atoms with E-state index in [0.29, 0.717) is 19.8 Å². The van der Waals surface area contributed by atoms with Gasteiger partial charge in [0.25, 0.3) is 0 Å². The number of nitrogens with one attached hydrogen (secondary N) is 1. The average Bonchev–Trinajstić information content (AvgIpc) is 2.35. The summed E-state index contributed by atoms with van der Waals surface area (Å²) in [4.78, 5) is 0. The van der Waals surface area contributed by atoms with E-state index in [1.54, 1.807) is 0 Å². The van der Waals surface area contributed by atoms with Crippen molar-refractivity contribution in [2.75, 3.05) is 38.3 Å². The van der Waals surface area contributed by atoms with Crippen LogP contribution >= 0.6 is 15.9 Å². The normalized spacial score (nSPS) is 10.5. The van der Waals surface area contributed by atoms with Crippen LogP contribution < -0.4 is 5.32 Å². The summed E-state index contributed by atoms with van der Waals surface area (Å²) in [7, 11) is 0. The molecule has 0 spiro atoms. The van der Waals surface area contributed by atoms with Crippen molar-refractivity contribution < 1.29 is 9.47 Å². The summed E-state index contributed by atoms with van der Waals surface area (Å²) in [5, 5.41) is 3.29. The molecule has 3 nitrogen and oxygen atoms in total. The minimum absolute atomic E-state index is 0.669. The molecule has 0 bridgehead atoms. The van der Waals surface area contributed by atoms with E-state index >= 15 is 0 Å². The molecule has 1 rings (SSSR count). The van der Waals surface area contributed by atoms with Gasteiger partial charge in [-0.1, -0.05) is 22.9 Å². The molecule has 0 atom stereocenters. The van der Waals surface area contributed by atoms with Crippen LogP contribution in [-0.4, -0.2) is 33.0 Å².